The third-order valence-corrected chi connectivity index (χ3v) is 5.95. The Labute approximate surface area is 171 Å². The van der Waals surface area contributed by atoms with Crippen molar-refractivity contribution in [2.75, 3.05) is 25.6 Å². The lowest BCUT2D eigenvalue weighted by atomic mass is 9.94. The fraction of sp³-hybridized carbons (Fsp3) is 0.591. The van der Waals surface area contributed by atoms with Gasteiger partial charge in [-0.15, -0.1) is 0 Å². The van der Waals surface area contributed by atoms with Crippen molar-refractivity contribution in [2.24, 2.45) is 5.92 Å². The molecule has 7 nitrogen and oxygen atoms in total. The molecule has 1 aromatic carbocycles. The van der Waals surface area contributed by atoms with Crippen LogP contribution in [0.15, 0.2) is 24.3 Å². The Morgan fingerprint density at radius 1 is 1.17 bits per heavy atom. The molecule has 29 heavy (non-hydrogen) atoms. The van der Waals surface area contributed by atoms with Gasteiger partial charge in [-0.25, -0.2) is 0 Å². The van der Waals surface area contributed by atoms with Crippen molar-refractivity contribution in [1.82, 2.24) is 4.90 Å². The molecule has 2 amide bonds. The minimum atomic E-state index is -0.857. The van der Waals surface area contributed by atoms with E-state index in [0.717, 1.165) is 25.7 Å². The minimum absolute atomic E-state index is 0.0657. The van der Waals surface area contributed by atoms with E-state index in [9.17, 15) is 14.4 Å². The van der Waals surface area contributed by atoms with Crippen LogP contribution in [-0.4, -0.2) is 55.5 Å². The van der Waals surface area contributed by atoms with Gasteiger partial charge >= 0.3 is 5.97 Å². The summed E-state index contributed by atoms with van der Waals surface area (Å²) in [5, 5.41) is 0. The molecule has 2 aliphatic rings. The number of rotatable bonds is 6. The van der Waals surface area contributed by atoms with Crippen LogP contribution in [0.4, 0.5) is 5.69 Å². The molecule has 158 valence electrons. The number of methoxy groups -OCH3 is 1. The van der Waals surface area contributed by atoms with Crippen LogP contribution in [0.2, 0.25) is 0 Å². The number of hydrogen-bond donors (Lipinski definition) is 0. The first kappa shape index (κ1) is 21.1. The molecular formula is C22H30N2O5. The summed E-state index contributed by atoms with van der Waals surface area (Å²) in [6.07, 6.45) is 4.66. The van der Waals surface area contributed by atoms with Crippen LogP contribution in [0, 0.1) is 5.92 Å². The number of ether oxygens (including phenoxy) is 2. The van der Waals surface area contributed by atoms with Crippen molar-refractivity contribution in [3.05, 3.63) is 24.3 Å². The van der Waals surface area contributed by atoms with Crippen molar-refractivity contribution in [1.29, 1.82) is 0 Å². The maximum atomic E-state index is 12.7. The molecule has 0 aromatic heterocycles. The highest BCUT2D eigenvalue weighted by molar-refractivity contribution is 6.00. The van der Waals surface area contributed by atoms with E-state index in [0.29, 0.717) is 11.4 Å². The predicted molar refractivity (Wildman–Crippen MR) is 109 cm³/mol. The number of anilines is 1. The first-order valence-corrected chi connectivity index (χ1v) is 10.3. The summed E-state index contributed by atoms with van der Waals surface area (Å²) >= 11 is 0. The molecule has 1 aliphatic heterocycles. The molecule has 0 spiro atoms. The monoisotopic (exact) mass is 402 g/mol. The summed E-state index contributed by atoms with van der Waals surface area (Å²) in [4.78, 5) is 41.1. The number of hydrogen-bond acceptors (Lipinski definition) is 5. The Morgan fingerprint density at radius 3 is 2.55 bits per heavy atom. The van der Waals surface area contributed by atoms with Gasteiger partial charge in [-0.1, -0.05) is 31.4 Å². The quantitative estimate of drug-likeness (QED) is 0.684. The van der Waals surface area contributed by atoms with Gasteiger partial charge in [-0.05, 0) is 31.9 Å². The number of carbonyl (C=O) groups is 3. The van der Waals surface area contributed by atoms with Gasteiger partial charge < -0.3 is 19.3 Å². The highest BCUT2D eigenvalue weighted by Gasteiger charge is 2.38. The Balaban J connectivity index is 1.59. The molecule has 0 N–H and O–H groups in total. The van der Waals surface area contributed by atoms with E-state index in [1.54, 1.807) is 43.0 Å². The van der Waals surface area contributed by atoms with E-state index in [2.05, 4.69) is 0 Å². The van der Waals surface area contributed by atoms with Crippen LogP contribution in [0.1, 0.15) is 45.4 Å². The maximum Gasteiger partial charge on any atom is 0.312 e. The normalized spacial score (nSPS) is 21.0. The zero-order valence-corrected chi connectivity index (χ0v) is 17.4. The molecule has 0 unspecified atom stereocenters. The van der Waals surface area contributed by atoms with Crippen molar-refractivity contribution in [2.45, 2.75) is 57.6 Å². The maximum absolute atomic E-state index is 12.7. The summed E-state index contributed by atoms with van der Waals surface area (Å²) < 4.78 is 10.8. The van der Waals surface area contributed by atoms with Crippen LogP contribution in [0.25, 0.3) is 0 Å². The molecule has 0 radical (unpaired) electrons. The second-order valence-electron chi connectivity index (χ2n) is 7.90. The molecule has 3 rings (SSSR count). The highest BCUT2D eigenvalue weighted by Crippen LogP contribution is 2.33. The topological polar surface area (TPSA) is 76.2 Å². The van der Waals surface area contributed by atoms with Crippen LogP contribution in [0.3, 0.4) is 0 Å². The van der Waals surface area contributed by atoms with Crippen LogP contribution in [0.5, 0.6) is 5.75 Å². The first-order chi connectivity index (χ1) is 13.9. The lowest BCUT2D eigenvalue weighted by Crippen LogP contribution is -2.44. The molecule has 2 fully saturated rings. The van der Waals surface area contributed by atoms with E-state index in [-0.39, 0.29) is 30.8 Å². The Bertz CT molecular complexity index is 759. The van der Waals surface area contributed by atoms with E-state index in [1.165, 1.54) is 6.42 Å². The predicted octanol–water partition coefficient (Wildman–Crippen LogP) is 2.77. The standard InChI is InChI=1S/C22H30N2O5/c1-15(21(26)23(2)17-9-5-4-6-10-17)29-22(27)16-13-20(25)24(14-16)18-11-7-8-12-19(18)28-3/h7-8,11-12,15-17H,4-6,9-10,13-14H2,1-3H3/t15-,16-/m1/s1. The molecule has 1 aliphatic carbocycles. The smallest absolute Gasteiger partial charge is 0.312 e. The zero-order chi connectivity index (χ0) is 21.0. The Hall–Kier alpha value is -2.57. The van der Waals surface area contributed by atoms with Crippen LogP contribution in [-0.2, 0) is 19.1 Å². The van der Waals surface area contributed by atoms with Gasteiger partial charge in [0, 0.05) is 26.1 Å². The highest BCUT2D eigenvalue weighted by atomic mass is 16.5. The van der Waals surface area contributed by atoms with Gasteiger partial charge in [0.2, 0.25) is 5.91 Å². The van der Waals surface area contributed by atoms with E-state index >= 15 is 0 Å². The third kappa shape index (κ3) is 4.71. The second kappa shape index (κ2) is 9.29. The van der Waals surface area contributed by atoms with Gasteiger partial charge in [0.15, 0.2) is 6.10 Å². The molecule has 2 atom stereocenters. The van der Waals surface area contributed by atoms with Gasteiger partial charge in [-0.2, -0.15) is 0 Å². The van der Waals surface area contributed by atoms with Crippen molar-refractivity contribution >= 4 is 23.5 Å². The molecule has 0 bridgehead atoms. The van der Waals surface area contributed by atoms with Crippen molar-refractivity contribution < 1.29 is 23.9 Å². The molecule has 1 aromatic rings. The number of likely N-dealkylation sites (N-methyl/N-ethyl adjacent to an activating group) is 1. The van der Waals surface area contributed by atoms with E-state index in [1.807, 2.05) is 12.1 Å². The summed E-state index contributed by atoms with van der Waals surface area (Å²) in [5.74, 6) is -0.866. The van der Waals surface area contributed by atoms with Crippen LogP contribution < -0.4 is 9.64 Å². The fourth-order valence-electron chi connectivity index (χ4n) is 4.21. The molecule has 1 saturated heterocycles. The average molecular weight is 402 g/mol. The number of benzene rings is 1. The largest absolute Gasteiger partial charge is 0.495 e. The fourth-order valence-corrected chi connectivity index (χ4v) is 4.21. The molecule has 1 heterocycles. The first-order valence-electron chi connectivity index (χ1n) is 10.3. The summed E-state index contributed by atoms with van der Waals surface area (Å²) in [5.41, 5.74) is 0.636. The number of nitrogens with zero attached hydrogens (tertiary/aromatic N) is 2. The Kier molecular flexibility index (Phi) is 6.77. The SMILES string of the molecule is COc1ccccc1N1C[C@H](C(=O)O[C@H](C)C(=O)N(C)C2CCCCC2)CC1=O. The summed E-state index contributed by atoms with van der Waals surface area (Å²) in [6, 6.07) is 7.42. The number of amides is 2. The molecule has 1 saturated carbocycles. The van der Waals surface area contributed by atoms with E-state index < -0.39 is 18.0 Å². The van der Waals surface area contributed by atoms with Gasteiger partial charge in [0.1, 0.15) is 5.75 Å². The van der Waals surface area contributed by atoms with Gasteiger partial charge in [0.05, 0.1) is 18.7 Å². The Morgan fingerprint density at radius 2 is 1.86 bits per heavy atom. The number of carbonyl (C=O) groups excluding carboxylic acids is 3. The lowest BCUT2D eigenvalue weighted by Gasteiger charge is -2.32. The minimum Gasteiger partial charge on any atom is -0.495 e. The van der Waals surface area contributed by atoms with Gasteiger partial charge in [-0.3, -0.25) is 14.4 Å². The third-order valence-electron chi connectivity index (χ3n) is 5.95. The molecular weight excluding hydrogens is 372 g/mol. The average Bonchev–Trinajstić information content (AvgIpc) is 3.14. The summed E-state index contributed by atoms with van der Waals surface area (Å²) in [6.45, 7) is 1.83. The van der Waals surface area contributed by atoms with Crippen molar-refractivity contribution in [3.63, 3.8) is 0 Å². The zero-order valence-electron chi connectivity index (χ0n) is 17.4. The number of esters is 1. The van der Waals surface area contributed by atoms with Crippen molar-refractivity contribution in [3.8, 4) is 5.75 Å². The van der Waals surface area contributed by atoms with Crippen LogP contribution >= 0.6 is 0 Å². The van der Waals surface area contributed by atoms with E-state index in [4.69, 9.17) is 9.47 Å². The molecule has 7 heteroatoms. The second-order valence-corrected chi connectivity index (χ2v) is 7.90. The lowest BCUT2D eigenvalue weighted by molar-refractivity contribution is -0.162. The summed E-state index contributed by atoms with van der Waals surface area (Å²) in [7, 11) is 3.33. The number of para-hydroxylation sites is 2. The van der Waals surface area contributed by atoms with Gasteiger partial charge in [0.25, 0.3) is 5.91 Å².